The van der Waals surface area contributed by atoms with Crippen molar-refractivity contribution >= 4 is 14.4 Å². The van der Waals surface area contributed by atoms with Gasteiger partial charge in [0.1, 0.15) is 12.2 Å². The highest BCUT2D eigenvalue weighted by atomic mass is 28.4. The third kappa shape index (κ3) is 5.89. The fourth-order valence-electron chi connectivity index (χ4n) is 2.39. The van der Waals surface area contributed by atoms with Crippen LogP contribution in [0, 0.1) is 23.7 Å². The van der Waals surface area contributed by atoms with Crippen molar-refractivity contribution in [2.75, 3.05) is 0 Å². The van der Waals surface area contributed by atoms with E-state index < -0.39 is 14.4 Å². The average molecular weight is 367 g/mol. The molecule has 2 unspecified atom stereocenters. The first kappa shape index (κ1) is 20.5. The van der Waals surface area contributed by atoms with E-state index in [0.717, 1.165) is 24.8 Å². The van der Waals surface area contributed by atoms with Crippen LogP contribution >= 0.6 is 0 Å². The van der Waals surface area contributed by atoms with Crippen LogP contribution in [0.3, 0.4) is 0 Å². The van der Waals surface area contributed by atoms with E-state index in [2.05, 4.69) is 57.5 Å². The minimum absolute atomic E-state index is 0.109. The van der Waals surface area contributed by atoms with Crippen molar-refractivity contribution in [3.8, 4) is 23.7 Å². The summed E-state index contributed by atoms with van der Waals surface area (Å²) in [4.78, 5) is 0. The summed E-state index contributed by atoms with van der Waals surface area (Å²) in [5, 5.41) is 10.6. The summed E-state index contributed by atoms with van der Waals surface area (Å²) in [6, 6.07) is 9.91. The van der Waals surface area contributed by atoms with Gasteiger partial charge in [0.05, 0.1) is 0 Å². The molecule has 0 saturated carbocycles. The number of aliphatic hydroxyl groups excluding tert-OH is 1. The highest BCUT2D eigenvalue weighted by molar-refractivity contribution is 6.74. The van der Waals surface area contributed by atoms with E-state index >= 15 is 0 Å². The molecule has 0 saturated heterocycles. The Morgan fingerprint density at radius 2 is 1.85 bits per heavy atom. The molecule has 0 amide bonds. The van der Waals surface area contributed by atoms with Crippen LogP contribution in [0.25, 0.3) is 6.08 Å². The molecule has 1 aromatic carbocycles. The van der Waals surface area contributed by atoms with E-state index in [1.807, 2.05) is 36.4 Å². The van der Waals surface area contributed by atoms with Crippen molar-refractivity contribution in [1.29, 1.82) is 0 Å². The summed E-state index contributed by atoms with van der Waals surface area (Å²) in [7, 11) is -1.89. The summed E-state index contributed by atoms with van der Waals surface area (Å²) in [6.45, 7) is 11.2. The van der Waals surface area contributed by atoms with E-state index in [4.69, 9.17) is 4.43 Å². The molecule has 2 nitrogen and oxygen atoms in total. The predicted molar refractivity (Wildman–Crippen MR) is 112 cm³/mol. The highest BCUT2D eigenvalue weighted by Crippen LogP contribution is 2.37. The summed E-state index contributed by atoms with van der Waals surface area (Å²) >= 11 is 0. The van der Waals surface area contributed by atoms with E-state index in [0.29, 0.717) is 5.57 Å². The Labute approximate surface area is 159 Å². The number of aliphatic hydroxyl groups is 1. The van der Waals surface area contributed by atoms with Crippen LogP contribution in [0.15, 0.2) is 35.9 Å². The SMILES string of the molecule is CC(C)(C)[Si](C)(C)OC1C#C/C(=C\c2ccccc2)C(O)C#CCCC1. The van der Waals surface area contributed by atoms with Gasteiger partial charge >= 0.3 is 0 Å². The first-order chi connectivity index (χ1) is 12.2. The van der Waals surface area contributed by atoms with Gasteiger partial charge in [-0.2, -0.15) is 0 Å². The first-order valence-electron chi connectivity index (χ1n) is 9.31. The Morgan fingerprint density at radius 1 is 1.15 bits per heavy atom. The quantitative estimate of drug-likeness (QED) is 0.602. The lowest BCUT2D eigenvalue weighted by Crippen LogP contribution is -2.43. The predicted octanol–water partition coefficient (Wildman–Crippen LogP) is 5.01. The van der Waals surface area contributed by atoms with Gasteiger partial charge in [-0.1, -0.05) is 68.9 Å². The van der Waals surface area contributed by atoms with Gasteiger partial charge in [-0.25, -0.2) is 0 Å². The van der Waals surface area contributed by atoms with Gasteiger partial charge in [-0.15, -0.1) is 5.92 Å². The average Bonchev–Trinajstić information content (AvgIpc) is 2.57. The van der Waals surface area contributed by atoms with E-state index in [-0.39, 0.29) is 11.1 Å². The molecule has 0 aromatic heterocycles. The third-order valence-electron chi connectivity index (χ3n) is 5.04. The van der Waals surface area contributed by atoms with Gasteiger partial charge in [-0.05, 0) is 42.6 Å². The van der Waals surface area contributed by atoms with Crippen LogP contribution in [-0.4, -0.2) is 25.6 Å². The molecule has 1 aliphatic carbocycles. The van der Waals surface area contributed by atoms with Crippen molar-refractivity contribution in [3.63, 3.8) is 0 Å². The minimum atomic E-state index is -1.89. The summed E-state index contributed by atoms with van der Waals surface area (Å²) < 4.78 is 6.52. The van der Waals surface area contributed by atoms with Crippen molar-refractivity contribution in [2.24, 2.45) is 0 Å². The Hall–Kier alpha value is -1.78. The fourth-order valence-corrected chi connectivity index (χ4v) is 3.63. The molecule has 1 aromatic rings. The largest absolute Gasteiger partial charge is 0.403 e. The second-order valence-electron chi connectivity index (χ2n) is 8.26. The molecule has 0 spiro atoms. The lowest BCUT2D eigenvalue weighted by molar-refractivity contribution is 0.221. The van der Waals surface area contributed by atoms with Crippen molar-refractivity contribution < 1.29 is 9.53 Å². The molecule has 3 heteroatoms. The van der Waals surface area contributed by atoms with Crippen LogP contribution < -0.4 is 0 Å². The van der Waals surface area contributed by atoms with Gasteiger partial charge < -0.3 is 9.53 Å². The second-order valence-corrected chi connectivity index (χ2v) is 13.0. The number of benzene rings is 1. The number of rotatable bonds is 3. The van der Waals surface area contributed by atoms with Gasteiger partial charge in [-0.3, -0.25) is 0 Å². The molecule has 0 fully saturated rings. The molecular weight excluding hydrogens is 336 g/mol. The smallest absolute Gasteiger partial charge is 0.193 e. The van der Waals surface area contributed by atoms with Gasteiger partial charge in [0, 0.05) is 12.0 Å². The van der Waals surface area contributed by atoms with Crippen LogP contribution in [0.2, 0.25) is 18.1 Å². The third-order valence-corrected chi connectivity index (χ3v) is 9.53. The molecule has 2 rings (SSSR count). The molecule has 0 radical (unpaired) electrons. The first-order valence-corrected chi connectivity index (χ1v) is 12.2. The zero-order valence-electron chi connectivity index (χ0n) is 16.6. The van der Waals surface area contributed by atoms with E-state index in [9.17, 15) is 5.11 Å². The lowest BCUT2D eigenvalue weighted by atomic mass is 10.0. The summed E-state index contributed by atoms with van der Waals surface area (Å²) in [5.41, 5.74) is 1.64. The fraction of sp³-hybridized carbons (Fsp3) is 0.478. The monoisotopic (exact) mass is 366 g/mol. The molecule has 1 aliphatic rings. The standard InChI is InChI=1S/C23H30O2Si/c1-23(2,3)26(4,5)25-21-14-10-7-11-15-22(24)20(16-17-21)18-19-12-8-6-9-13-19/h6,8-9,12-13,18,21-22,24H,7,10,14H2,1-5H3/b20-18+. The zero-order chi connectivity index (χ0) is 19.2. The Balaban J connectivity index is 2.32. The zero-order valence-corrected chi connectivity index (χ0v) is 17.6. The molecule has 0 aliphatic heterocycles. The molecular formula is C23H30O2Si. The van der Waals surface area contributed by atoms with Gasteiger partial charge in [0.2, 0.25) is 0 Å². The lowest BCUT2D eigenvalue weighted by Gasteiger charge is -2.38. The molecule has 2 atom stereocenters. The van der Waals surface area contributed by atoms with Crippen molar-refractivity contribution in [3.05, 3.63) is 41.5 Å². The molecule has 26 heavy (non-hydrogen) atoms. The van der Waals surface area contributed by atoms with Gasteiger partial charge in [0.25, 0.3) is 0 Å². The Bertz CT molecular complexity index is 749. The number of hydrogen-bond donors (Lipinski definition) is 1. The molecule has 0 heterocycles. The normalized spacial score (nSPS) is 22.8. The van der Waals surface area contributed by atoms with E-state index in [1.165, 1.54) is 0 Å². The topological polar surface area (TPSA) is 29.5 Å². The maximum atomic E-state index is 10.4. The Morgan fingerprint density at radius 3 is 2.50 bits per heavy atom. The van der Waals surface area contributed by atoms with Crippen LogP contribution in [0.1, 0.15) is 45.6 Å². The number of hydrogen-bond acceptors (Lipinski definition) is 2. The van der Waals surface area contributed by atoms with Crippen molar-refractivity contribution in [2.45, 2.75) is 70.4 Å². The summed E-state index contributed by atoms with van der Waals surface area (Å²) in [5.74, 6) is 12.4. The molecule has 1 N–H and O–H groups in total. The van der Waals surface area contributed by atoms with Gasteiger partial charge in [0.15, 0.2) is 8.32 Å². The summed E-state index contributed by atoms with van der Waals surface area (Å²) in [6.07, 6.45) is 3.52. The molecule has 0 bridgehead atoms. The van der Waals surface area contributed by atoms with Crippen LogP contribution in [0.4, 0.5) is 0 Å². The minimum Gasteiger partial charge on any atom is -0.403 e. The Kier molecular flexibility index (Phi) is 6.90. The van der Waals surface area contributed by atoms with Crippen molar-refractivity contribution in [1.82, 2.24) is 0 Å². The van der Waals surface area contributed by atoms with E-state index in [1.54, 1.807) is 0 Å². The molecule has 138 valence electrons. The maximum absolute atomic E-state index is 10.4. The highest BCUT2D eigenvalue weighted by Gasteiger charge is 2.38. The second kappa shape index (κ2) is 8.74. The van der Waals surface area contributed by atoms with Crippen LogP contribution in [-0.2, 0) is 4.43 Å². The van der Waals surface area contributed by atoms with Crippen LogP contribution in [0.5, 0.6) is 0 Å². The maximum Gasteiger partial charge on any atom is 0.193 e.